The third kappa shape index (κ3) is 2.46. The lowest BCUT2D eigenvalue weighted by Crippen LogP contribution is -2.38. The van der Waals surface area contributed by atoms with Crippen molar-refractivity contribution in [3.05, 3.63) is 35.7 Å². The first kappa shape index (κ1) is 14.5. The number of rotatable bonds is 2. The van der Waals surface area contributed by atoms with E-state index in [0.717, 1.165) is 25.3 Å². The van der Waals surface area contributed by atoms with E-state index in [-0.39, 0.29) is 11.9 Å². The van der Waals surface area contributed by atoms with Crippen molar-refractivity contribution in [1.82, 2.24) is 19.6 Å². The number of imidazole rings is 1. The number of fused-ring (bicyclic) bond motifs is 1. The zero-order chi connectivity index (χ0) is 15.8. The predicted octanol–water partition coefficient (Wildman–Crippen LogP) is 2.96. The summed E-state index contributed by atoms with van der Waals surface area (Å²) in [5.41, 5.74) is 1.24. The van der Waals surface area contributed by atoms with Gasteiger partial charge in [-0.3, -0.25) is 4.79 Å². The Hall–Kier alpha value is -2.11. The van der Waals surface area contributed by atoms with Crippen LogP contribution in [0.1, 0.15) is 60.0 Å². The van der Waals surface area contributed by atoms with Crippen molar-refractivity contribution in [1.29, 1.82) is 0 Å². The van der Waals surface area contributed by atoms with E-state index in [9.17, 15) is 4.79 Å². The monoisotopic (exact) mass is 314 g/mol. The highest BCUT2D eigenvalue weighted by atomic mass is 16.5. The maximum atomic E-state index is 13.1. The van der Waals surface area contributed by atoms with Gasteiger partial charge in [0.05, 0.1) is 11.7 Å². The molecule has 2 aliphatic rings. The van der Waals surface area contributed by atoms with Crippen LogP contribution in [0, 0.1) is 12.8 Å². The van der Waals surface area contributed by atoms with E-state index in [1.54, 1.807) is 0 Å². The zero-order valence-corrected chi connectivity index (χ0v) is 13.4. The van der Waals surface area contributed by atoms with Crippen molar-refractivity contribution < 1.29 is 9.32 Å². The minimum absolute atomic E-state index is 0.0251. The molecule has 6 heteroatoms. The van der Waals surface area contributed by atoms with Crippen molar-refractivity contribution in [2.75, 3.05) is 6.54 Å². The number of nitrogens with zero attached hydrogens (tertiary/aromatic N) is 4. The summed E-state index contributed by atoms with van der Waals surface area (Å²) in [5.74, 6) is 1.56. The molecule has 2 aromatic rings. The summed E-state index contributed by atoms with van der Waals surface area (Å²) in [5, 5.41) is 3.87. The van der Waals surface area contributed by atoms with Crippen LogP contribution in [0.3, 0.4) is 0 Å². The molecule has 0 aromatic carbocycles. The zero-order valence-electron chi connectivity index (χ0n) is 13.4. The molecule has 0 saturated heterocycles. The first-order valence-electron chi connectivity index (χ1n) is 8.48. The summed E-state index contributed by atoms with van der Waals surface area (Å²) < 4.78 is 7.20. The third-order valence-electron chi connectivity index (χ3n) is 5.23. The Morgan fingerprint density at radius 3 is 2.83 bits per heavy atom. The van der Waals surface area contributed by atoms with Crippen LogP contribution in [0.15, 0.2) is 23.2 Å². The normalized spacial score (nSPS) is 22.1. The summed E-state index contributed by atoms with van der Waals surface area (Å²) >= 11 is 0. The van der Waals surface area contributed by atoms with E-state index in [0.29, 0.717) is 17.2 Å². The van der Waals surface area contributed by atoms with E-state index in [4.69, 9.17) is 4.52 Å². The fourth-order valence-corrected chi connectivity index (χ4v) is 4.08. The molecule has 23 heavy (non-hydrogen) atoms. The van der Waals surface area contributed by atoms with Crippen LogP contribution in [-0.2, 0) is 6.54 Å². The van der Waals surface area contributed by atoms with Crippen molar-refractivity contribution in [2.45, 2.75) is 51.6 Å². The highest BCUT2D eigenvalue weighted by Gasteiger charge is 2.38. The second-order valence-corrected chi connectivity index (χ2v) is 6.63. The molecule has 3 heterocycles. The van der Waals surface area contributed by atoms with Crippen LogP contribution in [0.4, 0.5) is 0 Å². The van der Waals surface area contributed by atoms with Crippen LogP contribution in [0.25, 0.3) is 0 Å². The van der Waals surface area contributed by atoms with E-state index in [2.05, 4.69) is 14.7 Å². The van der Waals surface area contributed by atoms with Gasteiger partial charge in [-0.15, -0.1) is 0 Å². The summed E-state index contributed by atoms with van der Waals surface area (Å²) in [6.45, 7) is 3.50. The molecule has 4 rings (SSSR count). The van der Waals surface area contributed by atoms with Crippen molar-refractivity contribution in [2.24, 2.45) is 5.92 Å². The molecule has 1 unspecified atom stereocenters. The molecule has 122 valence electrons. The Morgan fingerprint density at radius 1 is 1.26 bits per heavy atom. The second-order valence-electron chi connectivity index (χ2n) is 6.63. The van der Waals surface area contributed by atoms with E-state index in [1.807, 2.05) is 24.2 Å². The summed E-state index contributed by atoms with van der Waals surface area (Å²) in [7, 11) is 0. The van der Waals surface area contributed by atoms with Gasteiger partial charge >= 0.3 is 0 Å². The maximum Gasteiger partial charge on any atom is 0.259 e. The third-order valence-corrected chi connectivity index (χ3v) is 5.23. The van der Waals surface area contributed by atoms with Gasteiger partial charge in [0.1, 0.15) is 17.7 Å². The standard InChI is InChI=1S/C17H22N4O2/c1-12-14(11-23-19-12)17(22)21-9-4-8-20-10-7-18-16(20)15(21)13-5-2-3-6-13/h7,10-11,13,15H,2-6,8-9H2,1H3. The maximum absolute atomic E-state index is 13.1. The minimum Gasteiger partial charge on any atom is -0.364 e. The molecule has 0 radical (unpaired) electrons. The van der Waals surface area contributed by atoms with Crippen LogP contribution in [0.2, 0.25) is 0 Å². The molecule has 2 aromatic heterocycles. The lowest BCUT2D eigenvalue weighted by molar-refractivity contribution is 0.0601. The Balaban J connectivity index is 1.74. The van der Waals surface area contributed by atoms with Gasteiger partial charge in [-0.25, -0.2) is 4.98 Å². The lowest BCUT2D eigenvalue weighted by atomic mass is 9.95. The minimum atomic E-state index is 0.0251. The van der Waals surface area contributed by atoms with Gasteiger partial charge in [0.2, 0.25) is 0 Å². The molecule has 1 aliphatic carbocycles. The largest absolute Gasteiger partial charge is 0.364 e. The van der Waals surface area contributed by atoms with Crippen LogP contribution < -0.4 is 0 Å². The highest BCUT2D eigenvalue weighted by Crippen LogP contribution is 2.40. The van der Waals surface area contributed by atoms with Crippen molar-refractivity contribution >= 4 is 5.91 Å². The lowest BCUT2D eigenvalue weighted by Gasteiger charge is -2.33. The number of hydrogen-bond acceptors (Lipinski definition) is 4. The summed E-state index contributed by atoms with van der Waals surface area (Å²) in [6.07, 6.45) is 11.1. The Bertz CT molecular complexity index is 699. The molecule has 0 spiro atoms. The molecular formula is C17H22N4O2. The summed E-state index contributed by atoms with van der Waals surface area (Å²) in [6, 6.07) is 0.0665. The van der Waals surface area contributed by atoms with E-state index in [1.165, 1.54) is 31.9 Å². The smallest absolute Gasteiger partial charge is 0.259 e. The van der Waals surface area contributed by atoms with E-state index >= 15 is 0 Å². The second kappa shape index (κ2) is 5.83. The van der Waals surface area contributed by atoms with Gasteiger partial charge < -0.3 is 14.0 Å². The van der Waals surface area contributed by atoms with Crippen LogP contribution in [-0.4, -0.2) is 32.1 Å². The molecule has 1 atom stereocenters. The Kier molecular flexibility index (Phi) is 3.67. The first-order chi connectivity index (χ1) is 11.3. The predicted molar refractivity (Wildman–Crippen MR) is 83.8 cm³/mol. The number of aryl methyl sites for hydroxylation is 2. The van der Waals surface area contributed by atoms with Gasteiger partial charge in [-0.05, 0) is 32.1 Å². The van der Waals surface area contributed by atoms with Gasteiger partial charge in [0.25, 0.3) is 5.91 Å². The van der Waals surface area contributed by atoms with Crippen LogP contribution >= 0.6 is 0 Å². The van der Waals surface area contributed by atoms with Crippen LogP contribution in [0.5, 0.6) is 0 Å². The quantitative estimate of drug-likeness (QED) is 0.855. The van der Waals surface area contributed by atoms with Gasteiger partial charge in [0, 0.05) is 25.5 Å². The fraction of sp³-hybridized carbons (Fsp3) is 0.588. The van der Waals surface area contributed by atoms with Crippen molar-refractivity contribution in [3.8, 4) is 0 Å². The molecule has 0 N–H and O–H groups in total. The number of hydrogen-bond donors (Lipinski definition) is 0. The SMILES string of the molecule is Cc1nocc1C(=O)N1CCCn2ccnc2C1C1CCCC1. The molecule has 6 nitrogen and oxygen atoms in total. The highest BCUT2D eigenvalue weighted by molar-refractivity contribution is 5.95. The average Bonchev–Trinajstić information content (AvgIpc) is 3.28. The molecule has 1 amide bonds. The topological polar surface area (TPSA) is 64.2 Å². The number of carbonyl (C=O) groups excluding carboxylic acids is 1. The first-order valence-corrected chi connectivity index (χ1v) is 8.48. The van der Waals surface area contributed by atoms with E-state index < -0.39 is 0 Å². The number of amides is 1. The Morgan fingerprint density at radius 2 is 2.09 bits per heavy atom. The number of aromatic nitrogens is 3. The molecule has 1 aliphatic heterocycles. The summed E-state index contributed by atoms with van der Waals surface area (Å²) in [4.78, 5) is 19.7. The molecule has 0 bridgehead atoms. The van der Waals surface area contributed by atoms with Gasteiger partial charge in [-0.1, -0.05) is 18.0 Å². The van der Waals surface area contributed by atoms with Gasteiger partial charge in [0.15, 0.2) is 0 Å². The van der Waals surface area contributed by atoms with Crippen molar-refractivity contribution in [3.63, 3.8) is 0 Å². The molecule has 1 saturated carbocycles. The number of carbonyl (C=O) groups is 1. The van der Waals surface area contributed by atoms with Gasteiger partial charge in [-0.2, -0.15) is 0 Å². The Labute approximate surface area is 135 Å². The molecule has 1 fully saturated rings. The fourth-order valence-electron chi connectivity index (χ4n) is 4.08. The molecular weight excluding hydrogens is 292 g/mol. The average molecular weight is 314 g/mol.